The molecule has 3 rings (SSSR count). The summed E-state index contributed by atoms with van der Waals surface area (Å²) in [7, 11) is -5.11. The second kappa shape index (κ2) is 9.20. The van der Waals surface area contributed by atoms with Gasteiger partial charge < -0.3 is 30.9 Å². The fourth-order valence-electron chi connectivity index (χ4n) is 3.31. The van der Waals surface area contributed by atoms with E-state index >= 15 is 0 Å². The number of nitrogen functional groups attached to an aromatic ring is 1. The van der Waals surface area contributed by atoms with Crippen LogP contribution in [0.1, 0.15) is 13.2 Å². The first kappa shape index (κ1) is 24.2. The van der Waals surface area contributed by atoms with Gasteiger partial charge in [0.2, 0.25) is 0 Å². The first-order valence-electron chi connectivity index (χ1n) is 9.26. The Morgan fingerprint density at radius 3 is 2.62 bits per heavy atom. The number of aromatic nitrogens is 4. The molecule has 0 aromatic carbocycles. The Kier molecular flexibility index (Phi) is 6.96. The molecule has 3 heterocycles. The fourth-order valence-corrected chi connectivity index (χ4v) is 3.80. The van der Waals surface area contributed by atoms with Crippen molar-refractivity contribution < 1.29 is 42.3 Å². The number of nitrogens with two attached hydrogens (primary N) is 1. The van der Waals surface area contributed by atoms with Crippen molar-refractivity contribution in [2.45, 2.75) is 44.1 Å². The molecule has 0 unspecified atom stereocenters. The normalized spacial score (nSPS) is 27.2. The number of hydrogen-bond donors (Lipinski definition) is 6. The van der Waals surface area contributed by atoms with Crippen molar-refractivity contribution in [2.75, 3.05) is 18.9 Å². The zero-order chi connectivity index (χ0) is 23.8. The molecule has 1 aliphatic heterocycles. The van der Waals surface area contributed by atoms with E-state index in [0.717, 1.165) is 15.5 Å². The molecule has 0 spiro atoms. The molecule has 2 aromatic rings. The van der Waals surface area contributed by atoms with E-state index < -0.39 is 53.3 Å². The molecule has 0 saturated carbocycles. The zero-order valence-electron chi connectivity index (χ0n) is 16.7. The summed E-state index contributed by atoms with van der Waals surface area (Å²) >= 11 is 0. The van der Waals surface area contributed by atoms with E-state index in [9.17, 15) is 28.5 Å². The Morgan fingerprint density at radius 2 is 2.03 bits per heavy atom. The minimum absolute atomic E-state index is 0.00568. The van der Waals surface area contributed by atoms with Crippen LogP contribution in [0.2, 0.25) is 0 Å². The molecule has 178 valence electrons. The molecule has 15 nitrogen and oxygen atoms in total. The number of imidazole rings is 1. The van der Waals surface area contributed by atoms with Crippen LogP contribution in [0.5, 0.6) is 0 Å². The minimum atomic E-state index is -5.11. The summed E-state index contributed by atoms with van der Waals surface area (Å²) in [5.41, 5.74) is 5.73. The number of anilines is 1. The molecule has 7 N–H and O–H groups in total. The van der Waals surface area contributed by atoms with Crippen LogP contribution in [0.4, 0.5) is 5.82 Å². The molecular weight excluding hydrogens is 454 g/mol. The van der Waals surface area contributed by atoms with Gasteiger partial charge in [-0.1, -0.05) is 11.6 Å². The molecular formula is C16H23N5O10S. The monoisotopic (exact) mass is 477 g/mol. The lowest BCUT2D eigenvalue weighted by molar-refractivity contribution is -0.244. The Labute approximate surface area is 180 Å². The summed E-state index contributed by atoms with van der Waals surface area (Å²) in [5, 5.41) is 39.1. The van der Waals surface area contributed by atoms with Crippen molar-refractivity contribution >= 4 is 27.4 Å². The maximum Gasteiger partial charge on any atom is 0.397 e. The molecule has 0 bridgehead atoms. The minimum Gasteiger partial charge on any atom is -0.394 e. The van der Waals surface area contributed by atoms with E-state index in [4.69, 9.17) is 20.1 Å². The number of fused-ring (bicyclic) bond motifs is 1. The smallest absolute Gasteiger partial charge is 0.394 e. The van der Waals surface area contributed by atoms with Crippen LogP contribution in [0, 0.1) is 0 Å². The fraction of sp³-hybridized carbons (Fsp3) is 0.562. The lowest BCUT2D eigenvalue weighted by Gasteiger charge is -2.41. The van der Waals surface area contributed by atoms with Gasteiger partial charge in [0, 0.05) is 6.54 Å². The predicted molar refractivity (Wildman–Crippen MR) is 106 cm³/mol. The van der Waals surface area contributed by atoms with Crippen LogP contribution >= 0.6 is 0 Å². The highest BCUT2D eigenvalue weighted by Crippen LogP contribution is 2.34. The van der Waals surface area contributed by atoms with E-state index in [1.165, 1.54) is 0 Å². The largest absolute Gasteiger partial charge is 0.397 e. The highest BCUT2D eigenvalue weighted by atomic mass is 32.3. The van der Waals surface area contributed by atoms with Gasteiger partial charge >= 0.3 is 16.1 Å². The van der Waals surface area contributed by atoms with Gasteiger partial charge in [-0.25, -0.2) is 14.0 Å². The van der Waals surface area contributed by atoms with Gasteiger partial charge in [0.25, 0.3) is 0 Å². The highest BCUT2D eigenvalue weighted by molar-refractivity contribution is 7.80. The molecule has 0 aliphatic carbocycles. The van der Waals surface area contributed by atoms with Crippen molar-refractivity contribution in [2.24, 2.45) is 0 Å². The third kappa shape index (κ3) is 4.66. The van der Waals surface area contributed by atoms with Crippen LogP contribution in [-0.2, 0) is 25.9 Å². The molecule has 1 fully saturated rings. The second-order valence-electron chi connectivity index (χ2n) is 7.14. The van der Waals surface area contributed by atoms with E-state index in [-0.39, 0.29) is 30.1 Å². The van der Waals surface area contributed by atoms with Gasteiger partial charge in [-0.05, 0) is 6.92 Å². The topological polar surface area (TPSA) is 232 Å². The van der Waals surface area contributed by atoms with Gasteiger partial charge in [-0.15, -0.1) is 0 Å². The van der Waals surface area contributed by atoms with Gasteiger partial charge in [-0.3, -0.25) is 13.7 Å². The zero-order valence-corrected chi connectivity index (χ0v) is 17.5. The van der Waals surface area contributed by atoms with Crippen LogP contribution in [0.25, 0.3) is 11.2 Å². The predicted octanol–water partition coefficient (Wildman–Crippen LogP) is -3.09. The first-order chi connectivity index (χ1) is 15.0. The number of allylic oxidation sites excluding steroid dienone is 1. The summed E-state index contributed by atoms with van der Waals surface area (Å²) in [6.45, 7) is 0.634. The molecule has 16 heteroatoms. The van der Waals surface area contributed by atoms with E-state index in [1.807, 2.05) is 0 Å². The third-order valence-corrected chi connectivity index (χ3v) is 5.41. The van der Waals surface area contributed by atoms with Crippen LogP contribution in [0.15, 0.2) is 22.8 Å². The number of aliphatic hydroxyl groups is 4. The third-order valence-electron chi connectivity index (χ3n) is 4.94. The molecule has 0 amide bonds. The summed E-state index contributed by atoms with van der Waals surface area (Å²) in [6, 6.07) is 0. The number of hydrogen-bond acceptors (Lipinski definition) is 12. The Balaban J connectivity index is 2.16. The standard InChI is InChI=1S/C16H23N5O10S/c1-7(4-22)2-3-20-14-9(13(17)19-16(20)26)21(6-18-14)15-12(31-32(27,28)29)11(25)10(24)8(5-23)30-15/h2,6,8,10-12,15,22-25H,3-5H2,1H3,(H2,17,19,26)(H,27,28,29)/b7-2-/t8-,10-,11+,12-,15-/m1/s1. The molecule has 2 aromatic heterocycles. The Morgan fingerprint density at radius 1 is 1.34 bits per heavy atom. The van der Waals surface area contributed by atoms with Gasteiger partial charge in [0.15, 0.2) is 23.8 Å². The highest BCUT2D eigenvalue weighted by Gasteiger charge is 2.48. The van der Waals surface area contributed by atoms with Crippen molar-refractivity contribution in [3.8, 4) is 0 Å². The Bertz CT molecular complexity index is 1180. The second-order valence-corrected chi connectivity index (χ2v) is 8.19. The quantitative estimate of drug-likeness (QED) is 0.172. The number of nitrogens with zero attached hydrogens (tertiary/aromatic N) is 4. The average molecular weight is 477 g/mol. The summed E-state index contributed by atoms with van der Waals surface area (Å²) < 4.78 is 44.0. The van der Waals surface area contributed by atoms with Crippen molar-refractivity contribution in [1.29, 1.82) is 0 Å². The van der Waals surface area contributed by atoms with Crippen molar-refractivity contribution in [3.63, 3.8) is 0 Å². The molecule has 5 atom stereocenters. The number of ether oxygens (including phenoxy) is 1. The number of aliphatic hydroxyl groups excluding tert-OH is 4. The van der Waals surface area contributed by atoms with Crippen LogP contribution < -0.4 is 11.4 Å². The van der Waals surface area contributed by atoms with Crippen molar-refractivity contribution in [3.05, 3.63) is 28.5 Å². The van der Waals surface area contributed by atoms with Gasteiger partial charge in [0.05, 0.1) is 19.5 Å². The van der Waals surface area contributed by atoms with Crippen LogP contribution in [-0.4, -0.2) is 90.1 Å². The maximum atomic E-state index is 12.3. The summed E-state index contributed by atoms with van der Waals surface area (Å²) in [6.07, 6.45) is -5.81. The summed E-state index contributed by atoms with van der Waals surface area (Å²) in [4.78, 5) is 20.2. The first-order valence-corrected chi connectivity index (χ1v) is 10.6. The van der Waals surface area contributed by atoms with Gasteiger partial charge in [-0.2, -0.15) is 13.4 Å². The van der Waals surface area contributed by atoms with Crippen LogP contribution in [0.3, 0.4) is 0 Å². The number of rotatable bonds is 7. The SMILES string of the molecule is C/C(=C/Cn1c(=O)nc(N)c2c1ncn2[C@@H]1O[C@H](CO)[C@@H](O)[C@H](O)[C@H]1OS(=O)(=O)O)CO. The van der Waals surface area contributed by atoms with E-state index in [2.05, 4.69) is 14.2 Å². The van der Waals surface area contributed by atoms with Gasteiger partial charge in [0.1, 0.15) is 23.8 Å². The molecule has 1 aliphatic rings. The lowest BCUT2D eigenvalue weighted by atomic mass is 9.98. The Hall–Kier alpha value is -2.44. The van der Waals surface area contributed by atoms with E-state index in [0.29, 0.717) is 5.57 Å². The summed E-state index contributed by atoms with van der Waals surface area (Å²) in [5.74, 6) is -0.308. The maximum absolute atomic E-state index is 12.3. The average Bonchev–Trinajstić information content (AvgIpc) is 3.15. The lowest BCUT2D eigenvalue weighted by Crippen LogP contribution is -2.57. The molecule has 32 heavy (non-hydrogen) atoms. The van der Waals surface area contributed by atoms with E-state index in [1.54, 1.807) is 13.0 Å². The molecule has 1 saturated heterocycles. The van der Waals surface area contributed by atoms with Crippen molar-refractivity contribution in [1.82, 2.24) is 19.1 Å². The molecule has 0 radical (unpaired) electrons.